The average Bonchev–Trinajstić information content (AvgIpc) is 3.49. The fraction of sp³-hybridized carbons (Fsp3) is 0.200. The molecular formula is C40H30F4N2O7. The first-order valence-corrected chi connectivity index (χ1v) is 16.7. The van der Waals surface area contributed by atoms with Crippen LogP contribution in [0.15, 0.2) is 72.8 Å². The molecule has 0 aliphatic heterocycles. The second kappa shape index (κ2) is 13.4. The Balaban J connectivity index is 1.35. The Morgan fingerprint density at radius 3 is 1.89 bits per heavy atom. The molecule has 2 N–H and O–H groups in total. The lowest BCUT2D eigenvalue weighted by Crippen LogP contribution is -2.31. The fourth-order valence-electron chi connectivity index (χ4n) is 7.29. The van der Waals surface area contributed by atoms with E-state index in [2.05, 4.69) is 0 Å². The van der Waals surface area contributed by atoms with Crippen LogP contribution in [0, 0.1) is 43.0 Å². The van der Waals surface area contributed by atoms with Crippen LogP contribution in [0.5, 0.6) is 11.5 Å². The predicted molar refractivity (Wildman–Crippen MR) is 184 cm³/mol. The summed E-state index contributed by atoms with van der Waals surface area (Å²) in [6.45, 7) is 2.99. The van der Waals surface area contributed by atoms with Crippen LogP contribution in [0.2, 0.25) is 0 Å². The molecule has 1 unspecified atom stereocenters. The number of aromatic nitrogens is 2. The molecule has 2 heterocycles. The van der Waals surface area contributed by atoms with Crippen molar-refractivity contribution < 1.29 is 51.7 Å². The summed E-state index contributed by atoms with van der Waals surface area (Å²) in [6, 6.07) is 13.8. The monoisotopic (exact) mass is 726 g/mol. The molecule has 1 atom stereocenters. The van der Waals surface area contributed by atoms with Crippen molar-refractivity contribution in [3.8, 4) is 11.5 Å². The number of carboxylic acids is 1. The summed E-state index contributed by atoms with van der Waals surface area (Å²) in [5.41, 5.74) is 0.559. The number of nitrogens with zero attached hydrogens (tertiary/aromatic N) is 2. The number of ether oxygens (including phenoxy) is 1. The van der Waals surface area contributed by atoms with E-state index in [0.29, 0.717) is 12.8 Å². The smallest absolute Gasteiger partial charge is 0.319 e. The van der Waals surface area contributed by atoms with Gasteiger partial charge in [-0.25, -0.2) is 17.6 Å². The minimum atomic E-state index is -1.25. The van der Waals surface area contributed by atoms with E-state index in [0.717, 1.165) is 64.1 Å². The number of esters is 1. The maximum absolute atomic E-state index is 16.0. The molecule has 4 aromatic carbocycles. The molecule has 0 amide bonds. The van der Waals surface area contributed by atoms with Crippen molar-refractivity contribution in [2.75, 3.05) is 0 Å². The molecule has 13 heteroatoms. The molecule has 0 radical (unpaired) electrons. The summed E-state index contributed by atoms with van der Waals surface area (Å²) in [5, 5.41) is 20.4. The van der Waals surface area contributed by atoms with E-state index >= 15 is 4.39 Å². The highest BCUT2D eigenvalue weighted by Gasteiger charge is 2.40. The number of fused-ring (bicyclic) bond motifs is 2. The number of hydrogen-bond donors (Lipinski definition) is 2. The van der Waals surface area contributed by atoms with Crippen LogP contribution < -0.4 is 4.74 Å². The summed E-state index contributed by atoms with van der Waals surface area (Å²) in [5.74, 6) is -9.95. The van der Waals surface area contributed by atoms with Crippen LogP contribution in [0.25, 0.3) is 21.8 Å². The molecule has 2 aromatic heterocycles. The molecular weight excluding hydrogens is 696 g/mol. The van der Waals surface area contributed by atoms with Crippen molar-refractivity contribution in [3.63, 3.8) is 0 Å². The Morgan fingerprint density at radius 1 is 0.774 bits per heavy atom. The number of hydrogen-bond acceptors (Lipinski definition) is 6. The maximum atomic E-state index is 16.0. The quantitative estimate of drug-likeness (QED) is 0.0926. The van der Waals surface area contributed by atoms with Gasteiger partial charge in [0.25, 0.3) is 11.8 Å². The number of carbonyl (C=O) groups is 4. The Kier molecular flexibility index (Phi) is 8.88. The molecule has 7 rings (SSSR count). The molecule has 9 nitrogen and oxygen atoms in total. The van der Waals surface area contributed by atoms with Crippen molar-refractivity contribution in [2.45, 2.75) is 45.4 Å². The summed E-state index contributed by atoms with van der Waals surface area (Å²) >= 11 is 0. The molecule has 1 fully saturated rings. The molecule has 0 saturated heterocycles. The van der Waals surface area contributed by atoms with Crippen LogP contribution in [-0.4, -0.2) is 43.1 Å². The maximum Gasteiger partial charge on any atom is 0.319 e. The van der Waals surface area contributed by atoms with E-state index in [-0.39, 0.29) is 61.4 Å². The van der Waals surface area contributed by atoms with E-state index in [9.17, 15) is 42.6 Å². The third kappa shape index (κ3) is 6.11. The van der Waals surface area contributed by atoms with E-state index in [1.165, 1.54) is 38.1 Å². The third-order valence-electron chi connectivity index (χ3n) is 9.98. The zero-order chi connectivity index (χ0) is 37.9. The first kappa shape index (κ1) is 35.2. The minimum absolute atomic E-state index is 0.00452. The van der Waals surface area contributed by atoms with Gasteiger partial charge in [0.15, 0.2) is 23.1 Å². The Morgan fingerprint density at radius 2 is 1.34 bits per heavy atom. The number of phenols is 1. The zero-order valence-electron chi connectivity index (χ0n) is 28.3. The standard InChI is InChI=1S/C40H30F4N2O7/c1-19-26(16-35(48)49)27-15-34(30(44)18-31(27)45(19)38(50)22-8-4-10-24(41)12-22)53-40(52)37(21-6-3-7-21)36-20(2)46(32-17-29(43)33(47)14-28(32)36)39(51)23-9-5-11-25(42)13-23/h4-5,8-15,17-18,21,37,47H,3,6-7,16H2,1-2H3,(H,48,49). The molecule has 1 saturated carbocycles. The lowest BCUT2D eigenvalue weighted by atomic mass is 9.72. The van der Waals surface area contributed by atoms with Gasteiger partial charge < -0.3 is 14.9 Å². The zero-order valence-corrected chi connectivity index (χ0v) is 28.3. The van der Waals surface area contributed by atoms with Crippen LogP contribution in [0.1, 0.15) is 68.4 Å². The van der Waals surface area contributed by atoms with Gasteiger partial charge in [-0.05, 0) is 92.3 Å². The number of rotatable bonds is 8. The number of phenolic OH excluding ortho intramolecular Hbond substituents is 1. The Hall–Kier alpha value is -6.24. The van der Waals surface area contributed by atoms with Gasteiger partial charge in [-0.1, -0.05) is 18.6 Å². The Bertz CT molecular complexity index is 2530. The SMILES string of the molecule is Cc1c(CC(=O)O)c2cc(OC(=O)C(c3c(C)n(C(=O)c4cccc(F)c4)c4cc(F)c(O)cc34)C3CCC3)c(F)cc2n1C(=O)c1cccc(F)c1. The molecule has 53 heavy (non-hydrogen) atoms. The van der Waals surface area contributed by atoms with Gasteiger partial charge in [0.05, 0.1) is 23.4 Å². The topological polar surface area (TPSA) is 128 Å². The van der Waals surface area contributed by atoms with Gasteiger partial charge in [-0.3, -0.25) is 28.3 Å². The fourth-order valence-corrected chi connectivity index (χ4v) is 7.29. The Labute approximate surface area is 298 Å². The lowest BCUT2D eigenvalue weighted by molar-refractivity contribution is -0.138. The van der Waals surface area contributed by atoms with E-state index in [1.54, 1.807) is 0 Å². The van der Waals surface area contributed by atoms with Gasteiger partial charge in [0.2, 0.25) is 0 Å². The van der Waals surface area contributed by atoms with E-state index < -0.39 is 70.9 Å². The summed E-state index contributed by atoms with van der Waals surface area (Å²) in [6.07, 6.45) is 1.27. The summed E-state index contributed by atoms with van der Waals surface area (Å²) < 4.78 is 66.9. The first-order chi connectivity index (χ1) is 25.2. The highest BCUT2D eigenvalue weighted by Crippen LogP contribution is 2.46. The summed E-state index contributed by atoms with van der Waals surface area (Å²) in [7, 11) is 0. The molecule has 6 aromatic rings. The largest absolute Gasteiger partial charge is 0.505 e. The van der Waals surface area contributed by atoms with Crippen LogP contribution in [0.4, 0.5) is 17.6 Å². The number of carbonyl (C=O) groups excluding carboxylic acids is 3. The van der Waals surface area contributed by atoms with Gasteiger partial charge in [0.1, 0.15) is 11.6 Å². The minimum Gasteiger partial charge on any atom is -0.505 e. The molecule has 0 spiro atoms. The van der Waals surface area contributed by atoms with Gasteiger partial charge in [-0.2, -0.15) is 0 Å². The van der Waals surface area contributed by atoms with Gasteiger partial charge in [-0.15, -0.1) is 0 Å². The van der Waals surface area contributed by atoms with Crippen LogP contribution >= 0.6 is 0 Å². The first-order valence-electron chi connectivity index (χ1n) is 16.7. The van der Waals surface area contributed by atoms with Gasteiger partial charge >= 0.3 is 11.9 Å². The summed E-state index contributed by atoms with van der Waals surface area (Å²) in [4.78, 5) is 53.5. The molecule has 0 bridgehead atoms. The van der Waals surface area contributed by atoms with Crippen LogP contribution in [0.3, 0.4) is 0 Å². The number of carboxylic acid groups (broad SMARTS) is 1. The highest BCUT2D eigenvalue weighted by atomic mass is 19.1. The second-order valence-corrected chi connectivity index (χ2v) is 13.1. The van der Waals surface area contributed by atoms with Crippen molar-refractivity contribution in [1.82, 2.24) is 9.13 Å². The van der Waals surface area contributed by atoms with Crippen molar-refractivity contribution in [2.24, 2.45) is 5.92 Å². The molecule has 1 aliphatic carbocycles. The predicted octanol–water partition coefficient (Wildman–Crippen LogP) is 7.97. The number of aromatic hydroxyl groups is 1. The van der Waals surface area contributed by atoms with Crippen LogP contribution in [-0.2, 0) is 16.0 Å². The molecule has 1 aliphatic rings. The van der Waals surface area contributed by atoms with Crippen molar-refractivity contribution in [3.05, 3.63) is 130 Å². The number of halogens is 4. The van der Waals surface area contributed by atoms with Crippen molar-refractivity contribution in [1.29, 1.82) is 0 Å². The number of benzene rings is 4. The molecule has 270 valence electrons. The lowest BCUT2D eigenvalue weighted by Gasteiger charge is -2.32. The number of aliphatic carboxylic acids is 1. The third-order valence-corrected chi connectivity index (χ3v) is 9.98. The second-order valence-electron chi connectivity index (χ2n) is 13.1. The van der Waals surface area contributed by atoms with E-state index in [4.69, 9.17) is 4.74 Å². The normalized spacial score (nSPS) is 13.6. The highest BCUT2D eigenvalue weighted by molar-refractivity contribution is 6.07. The average molecular weight is 727 g/mol. The van der Waals surface area contributed by atoms with Crippen molar-refractivity contribution >= 4 is 45.6 Å². The van der Waals surface area contributed by atoms with E-state index in [1.807, 2.05) is 0 Å². The van der Waals surface area contributed by atoms with Gasteiger partial charge in [0, 0.05) is 45.4 Å².